The van der Waals surface area contributed by atoms with Gasteiger partial charge in [0.1, 0.15) is 23.8 Å². The summed E-state index contributed by atoms with van der Waals surface area (Å²) in [5.41, 5.74) is 0. The van der Waals surface area contributed by atoms with E-state index in [0.29, 0.717) is 46.1 Å². The first-order valence-electron chi connectivity index (χ1n) is 30.4. The van der Waals surface area contributed by atoms with Crippen molar-refractivity contribution in [1.82, 2.24) is 10.6 Å². The minimum atomic E-state index is -3.51. The number of ether oxygens (including phenoxy) is 9. The van der Waals surface area contributed by atoms with Crippen LogP contribution >= 0.6 is 45.6 Å². The smallest absolute Gasteiger partial charge is 0.325 e. The van der Waals surface area contributed by atoms with Crippen LogP contribution in [0, 0.1) is 23.7 Å². The Labute approximate surface area is 622 Å². The average Bonchev–Trinajstić information content (AvgIpc) is 0.911. The van der Waals surface area contributed by atoms with Gasteiger partial charge in [0.05, 0.1) is 78.3 Å². The van der Waals surface area contributed by atoms with Crippen LogP contribution in [0.25, 0.3) is 0 Å². The number of carbonyl (C=O) groups excluding carboxylic acids is 4. The second-order valence-corrected chi connectivity index (χ2v) is 30.9. The Morgan fingerprint density at radius 2 is 0.598 bits per heavy atom. The van der Waals surface area contributed by atoms with Crippen LogP contribution in [0.5, 0.6) is 0 Å². The highest BCUT2D eigenvalue weighted by Gasteiger charge is 2.26. The lowest BCUT2D eigenvalue weighted by atomic mass is 9.99. The fourth-order valence-electron chi connectivity index (χ4n) is 5.15. The van der Waals surface area contributed by atoms with Crippen molar-refractivity contribution >= 4 is 69.0 Å². The summed E-state index contributed by atoms with van der Waals surface area (Å²) in [5.74, 6) is 0.0163. The largest absolute Gasteiger partial charge is 0.388 e. The number of nitrogens with one attached hydrogen (secondary N) is 2. The molecule has 8 N–H and O–H groups in total. The minimum absolute atomic E-state index is 0. The van der Waals surface area contributed by atoms with Crippen LogP contribution in [0.1, 0.15) is 161 Å². The quantitative estimate of drug-likeness (QED) is 0.0268. The van der Waals surface area contributed by atoms with Gasteiger partial charge in [-0.05, 0) is 34.1 Å². The second-order valence-electron chi connectivity index (χ2n) is 19.8. The first kappa shape index (κ1) is 146. The fourth-order valence-corrected chi connectivity index (χ4v) is 8.62. The number of carbonyl (C=O) groups is 4. The Morgan fingerprint density at radius 3 is 0.804 bits per heavy atom. The Balaban J connectivity index is -0.0000000488. The molecule has 6 unspecified atom stereocenters. The monoisotopic (exact) mass is 1630 g/mol. The first-order chi connectivity index (χ1) is 43.9. The van der Waals surface area contributed by atoms with Crippen molar-refractivity contribution < 1.29 is 146 Å². The van der Waals surface area contributed by atoms with Gasteiger partial charge >= 0.3 is 45.6 Å². The Kier molecular flexibility index (Phi) is 138. The van der Waals surface area contributed by atoms with E-state index in [-0.39, 0.29) is 143 Å². The third kappa shape index (κ3) is 160. The van der Waals surface area contributed by atoms with E-state index < -0.39 is 51.7 Å². The van der Waals surface area contributed by atoms with E-state index in [4.69, 9.17) is 85.4 Å². The predicted molar refractivity (Wildman–Crippen MR) is 420 cm³/mol. The van der Waals surface area contributed by atoms with Crippen LogP contribution in [-0.2, 0) is 116 Å². The zero-order valence-corrected chi connectivity index (χ0v) is 69.8. The van der Waals surface area contributed by atoms with Gasteiger partial charge in [-0.15, -0.1) is 0 Å². The minimum Gasteiger partial charge on any atom is -0.388 e. The molecule has 0 rings (SSSR count). The number of methoxy groups -OCH3 is 9. The number of amides is 2. The summed E-state index contributed by atoms with van der Waals surface area (Å²) in [6, 6.07) is 0. The van der Waals surface area contributed by atoms with E-state index in [0.717, 1.165) is 33.1 Å². The SMILES string of the molecule is C.C.C.C.C.C.CC.CC.CC.CC[C@@H](COC)COP(C)(=O)O.CNC(C)=O.CNC(C)=O.COC.COC[C@@H](CC(C)=O)[C@@H](C)OP(C)(=O)O.COC[C@@H](COP(C)(=O)O)OC.COC[C@H](C)[C@H](C)OP(C)(=O)O.COC[C@H](COP(C)(=O)O)CC(C)=O.COC[C@H](COP(C)(=O)O)OC. The zero-order chi connectivity index (χ0) is 79.1. The molecule has 0 aliphatic rings. The molecule has 0 aromatic carbocycles. The maximum absolute atomic E-state index is 11.0. The summed E-state index contributed by atoms with van der Waals surface area (Å²) in [6.07, 6.45) is 0.141. The van der Waals surface area contributed by atoms with E-state index in [1.807, 2.05) is 55.4 Å². The lowest BCUT2D eigenvalue weighted by Gasteiger charge is -2.23. The molecule has 102 heavy (non-hydrogen) atoms. The van der Waals surface area contributed by atoms with Crippen LogP contribution in [0.2, 0.25) is 0 Å². The van der Waals surface area contributed by atoms with Crippen LogP contribution in [0.3, 0.4) is 0 Å². The molecule has 0 spiro atoms. The van der Waals surface area contributed by atoms with E-state index in [9.17, 15) is 46.6 Å². The van der Waals surface area contributed by atoms with Crippen LogP contribution < -0.4 is 10.6 Å². The molecular formula is C63H162N2O31P6. The van der Waals surface area contributed by atoms with Crippen molar-refractivity contribution in [3.63, 3.8) is 0 Å². The van der Waals surface area contributed by atoms with E-state index >= 15 is 0 Å². The van der Waals surface area contributed by atoms with Gasteiger partial charge in [-0.1, -0.05) is 99.9 Å². The number of rotatable bonds is 37. The molecule has 39 heteroatoms. The molecule has 0 saturated heterocycles. The third-order valence-corrected chi connectivity index (χ3v) is 13.6. The molecule has 0 bridgehead atoms. The topological polar surface area (TPSA) is 455 Å². The highest BCUT2D eigenvalue weighted by Crippen LogP contribution is 2.42. The molecule has 0 aromatic rings. The van der Waals surface area contributed by atoms with Gasteiger partial charge in [0.2, 0.25) is 11.8 Å². The van der Waals surface area contributed by atoms with Crippen molar-refractivity contribution in [3.8, 4) is 0 Å². The van der Waals surface area contributed by atoms with E-state index in [1.54, 1.807) is 56.4 Å². The number of hydrogen-bond donors (Lipinski definition) is 8. The Morgan fingerprint density at radius 1 is 0.363 bits per heavy atom. The van der Waals surface area contributed by atoms with Gasteiger partial charge < -0.3 is 119 Å². The fraction of sp³-hybridized carbons (Fsp3) is 0.937. The average molecular weight is 1630 g/mol. The number of ketones is 2. The zero-order valence-electron chi connectivity index (χ0n) is 64.4. The maximum Gasteiger partial charge on any atom is 0.325 e. The van der Waals surface area contributed by atoms with Crippen molar-refractivity contribution in [3.05, 3.63) is 0 Å². The molecule has 0 radical (unpaired) electrons. The van der Waals surface area contributed by atoms with Crippen molar-refractivity contribution in [2.45, 2.75) is 185 Å². The summed E-state index contributed by atoms with van der Waals surface area (Å²) in [7, 11) is -1.71. The summed E-state index contributed by atoms with van der Waals surface area (Å²) in [6.45, 7) is 35.0. The van der Waals surface area contributed by atoms with Crippen molar-refractivity contribution in [2.75, 3.05) is 191 Å². The predicted octanol–water partition coefficient (Wildman–Crippen LogP) is 13.1. The molecule has 0 aliphatic heterocycles. The molecule has 0 fully saturated rings. The van der Waals surface area contributed by atoms with Gasteiger partial charge in [-0.25, -0.2) is 0 Å². The molecule has 14 atom stereocenters. The van der Waals surface area contributed by atoms with Gasteiger partial charge in [-0.2, -0.15) is 0 Å². The van der Waals surface area contributed by atoms with E-state index in [2.05, 4.69) is 24.4 Å². The first-order valence-corrected chi connectivity index (χ1v) is 42.6. The summed E-state index contributed by atoms with van der Waals surface area (Å²) in [4.78, 5) is 94.3. The summed E-state index contributed by atoms with van der Waals surface area (Å²) >= 11 is 0. The maximum atomic E-state index is 11.0. The van der Waals surface area contributed by atoms with Crippen LogP contribution in [0.15, 0.2) is 0 Å². The standard InChI is InChI=1S/C9H19O5P.C8H17O5P.2C7H17O4P.2C6H15O5P.2C3H7NO.C2H6O.3C2H6.6CH4/c1-7(10)5-9(6-13-3)8(2)14-15(4,11)12;1-7(9)4-8(5-12-2)6-13-14(3,10)11;1-6(5-10-3)7(2)11-12(4,8)9;1-4-7(5-10-2)6-11-12(3,8)9;2*1-9-4-6(10-2)5-11-12(3,7)8;2*1-3(5)4-2;1-3-2;3*1-2;;;;;;/h8-9H,5-6H2,1-4H3,(H,11,12);8H,4-6H2,1-3H3,(H,10,11);6-7H,5H2,1-4H3,(H,8,9);7H,4-6H2,1-3H3,(H,8,9);2*6H,4-5H2,1-3H3,(H,7,8);2*1-2H3,(H,4,5);1-2H3;3*1-2H3;6*1H4/t8-,9-;8-;6-,7-;7-;2*6-;;;;;;;;;;;;/m110010............/s1. The molecule has 0 heterocycles. The van der Waals surface area contributed by atoms with Crippen molar-refractivity contribution in [1.29, 1.82) is 0 Å². The molecule has 2 amide bonds. The van der Waals surface area contributed by atoms with Gasteiger partial charge in [0, 0.05) is 176 Å². The van der Waals surface area contributed by atoms with Gasteiger partial charge in [-0.3, -0.25) is 37.0 Å². The second kappa shape index (κ2) is 95.9. The van der Waals surface area contributed by atoms with Crippen LogP contribution in [0.4, 0.5) is 0 Å². The van der Waals surface area contributed by atoms with Gasteiger partial charge in [0.15, 0.2) is 0 Å². The van der Waals surface area contributed by atoms with Crippen molar-refractivity contribution in [2.24, 2.45) is 23.7 Å². The lowest BCUT2D eigenvalue weighted by Crippen LogP contribution is -2.26. The highest BCUT2D eigenvalue weighted by atomic mass is 31.2. The Hall–Kier alpha value is -1.18. The molecule has 0 aliphatic carbocycles. The normalized spacial score (nSPS) is 15.4. The highest BCUT2D eigenvalue weighted by molar-refractivity contribution is 7.53. The number of Topliss-reactive ketones (excluding diaryl/α,β-unsaturated/α-hetero) is 2. The van der Waals surface area contributed by atoms with Crippen LogP contribution in [-0.4, -0.2) is 268 Å². The molecule has 0 saturated carbocycles. The molecule has 0 aromatic heterocycles. The summed E-state index contributed by atoms with van der Waals surface area (Å²) in [5, 5.41) is 4.78. The Bertz CT molecular complexity index is 1900. The third-order valence-electron chi connectivity index (χ3n) is 9.68. The van der Waals surface area contributed by atoms with Gasteiger partial charge in [0.25, 0.3) is 0 Å². The lowest BCUT2D eigenvalue weighted by molar-refractivity contribution is -0.119. The molecular weight excluding hydrogens is 1470 g/mol. The number of hydrogen-bond acceptors (Lipinski definition) is 25. The molecule has 33 nitrogen and oxygen atoms in total. The molecule has 640 valence electrons. The summed E-state index contributed by atoms with van der Waals surface area (Å²) < 4.78 is 137. The van der Waals surface area contributed by atoms with E-state index in [1.165, 1.54) is 83.7 Å².